The molecule has 8 heteroatoms. The van der Waals surface area contributed by atoms with Crippen molar-refractivity contribution in [1.29, 1.82) is 0 Å². The molecule has 18 heavy (non-hydrogen) atoms. The maximum atomic E-state index is 12.7. The molecule has 0 bridgehead atoms. The van der Waals surface area contributed by atoms with Crippen molar-refractivity contribution in [3.05, 3.63) is 23.5 Å². The van der Waals surface area contributed by atoms with Gasteiger partial charge in [0.15, 0.2) is 0 Å². The molecule has 1 rings (SSSR count). The molecular weight excluding hydrogens is 253 g/mol. The number of primary amides is 1. The smallest absolute Gasteiger partial charge is 0.432 e. The third-order valence-corrected chi connectivity index (χ3v) is 2.28. The zero-order valence-electron chi connectivity index (χ0n) is 9.20. The van der Waals surface area contributed by atoms with Gasteiger partial charge in [-0.15, -0.1) is 0 Å². The molecule has 0 aliphatic heterocycles. The van der Waals surface area contributed by atoms with Gasteiger partial charge in [0.1, 0.15) is 5.69 Å². The lowest BCUT2D eigenvalue weighted by Crippen LogP contribution is -2.18. The van der Waals surface area contributed by atoms with Crippen LogP contribution in [0.25, 0.3) is 0 Å². The third-order valence-electron chi connectivity index (χ3n) is 2.28. The SMILES string of the molecule is NC(=O)CCCn1ccc(C(=O)O)c1C(F)(F)F. The van der Waals surface area contributed by atoms with Gasteiger partial charge in [0, 0.05) is 19.2 Å². The highest BCUT2D eigenvalue weighted by atomic mass is 19.4. The van der Waals surface area contributed by atoms with E-state index in [2.05, 4.69) is 0 Å². The number of carboxylic acid groups (broad SMARTS) is 1. The Balaban J connectivity index is 2.98. The first-order valence-corrected chi connectivity index (χ1v) is 5.01. The molecule has 0 aromatic carbocycles. The van der Waals surface area contributed by atoms with Gasteiger partial charge < -0.3 is 15.4 Å². The van der Waals surface area contributed by atoms with Crippen LogP contribution in [0.2, 0.25) is 0 Å². The number of nitrogens with zero attached hydrogens (tertiary/aromatic N) is 1. The summed E-state index contributed by atoms with van der Waals surface area (Å²) < 4.78 is 38.9. The standard InChI is InChI=1S/C10H11F3N2O3/c11-10(12,13)8-6(9(17)18)3-5-15(8)4-1-2-7(14)16/h3,5H,1-2,4H2,(H2,14,16)(H,17,18). The number of hydrogen-bond acceptors (Lipinski definition) is 2. The van der Waals surface area contributed by atoms with Gasteiger partial charge in [-0.1, -0.05) is 0 Å². The topological polar surface area (TPSA) is 85.3 Å². The molecule has 1 aromatic rings. The van der Waals surface area contributed by atoms with Crippen molar-refractivity contribution < 1.29 is 27.9 Å². The maximum absolute atomic E-state index is 12.7. The van der Waals surface area contributed by atoms with Crippen molar-refractivity contribution in [3.63, 3.8) is 0 Å². The summed E-state index contributed by atoms with van der Waals surface area (Å²) in [5.74, 6) is -2.26. The normalized spacial score (nSPS) is 11.5. The van der Waals surface area contributed by atoms with Gasteiger partial charge in [-0.05, 0) is 12.5 Å². The van der Waals surface area contributed by atoms with Gasteiger partial charge in [-0.25, -0.2) is 4.79 Å². The molecule has 1 amide bonds. The number of rotatable bonds is 5. The minimum Gasteiger partial charge on any atom is -0.478 e. The van der Waals surface area contributed by atoms with Gasteiger partial charge in [0.2, 0.25) is 5.91 Å². The molecule has 1 heterocycles. The van der Waals surface area contributed by atoms with Crippen molar-refractivity contribution in [2.75, 3.05) is 0 Å². The molecule has 0 saturated carbocycles. The fraction of sp³-hybridized carbons (Fsp3) is 0.400. The summed E-state index contributed by atoms with van der Waals surface area (Å²) >= 11 is 0. The van der Waals surface area contributed by atoms with E-state index in [-0.39, 0.29) is 19.4 Å². The van der Waals surface area contributed by atoms with E-state index in [1.807, 2.05) is 0 Å². The predicted molar refractivity (Wildman–Crippen MR) is 54.8 cm³/mol. The summed E-state index contributed by atoms with van der Waals surface area (Å²) in [5.41, 5.74) is 2.84. The Morgan fingerprint density at radius 2 is 2.00 bits per heavy atom. The number of aromatic nitrogens is 1. The Morgan fingerprint density at radius 1 is 1.39 bits per heavy atom. The summed E-state index contributed by atoms with van der Waals surface area (Å²) in [4.78, 5) is 21.2. The number of hydrogen-bond donors (Lipinski definition) is 2. The number of carboxylic acids is 1. The number of aromatic carboxylic acids is 1. The van der Waals surface area contributed by atoms with Crippen LogP contribution in [0.4, 0.5) is 13.2 Å². The number of carbonyl (C=O) groups is 2. The van der Waals surface area contributed by atoms with Crippen LogP contribution in [0.5, 0.6) is 0 Å². The second kappa shape index (κ2) is 5.11. The summed E-state index contributed by atoms with van der Waals surface area (Å²) in [6.45, 7) is -0.120. The van der Waals surface area contributed by atoms with Crippen LogP contribution in [0.1, 0.15) is 28.9 Å². The molecule has 0 spiro atoms. The summed E-state index contributed by atoms with van der Waals surface area (Å²) in [7, 11) is 0. The molecule has 0 radical (unpaired) electrons. The van der Waals surface area contributed by atoms with Crippen LogP contribution in [-0.4, -0.2) is 21.6 Å². The van der Waals surface area contributed by atoms with E-state index >= 15 is 0 Å². The fourth-order valence-corrected chi connectivity index (χ4v) is 1.57. The minimum absolute atomic E-state index is 0.0577. The van der Waals surface area contributed by atoms with Gasteiger partial charge in [-0.3, -0.25) is 4.79 Å². The molecule has 0 atom stereocenters. The maximum Gasteiger partial charge on any atom is 0.432 e. The number of halogens is 3. The molecule has 100 valence electrons. The number of amides is 1. The molecular formula is C10H11F3N2O3. The highest BCUT2D eigenvalue weighted by Crippen LogP contribution is 2.33. The van der Waals surface area contributed by atoms with Crippen LogP contribution in [0.3, 0.4) is 0 Å². The average Bonchev–Trinajstić information content (AvgIpc) is 2.60. The van der Waals surface area contributed by atoms with Crippen molar-refractivity contribution in [2.24, 2.45) is 5.73 Å². The first-order chi connectivity index (χ1) is 8.23. The third kappa shape index (κ3) is 3.25. The minimum atomic E-state index is -4.76. The quantitative estimate of drug-likeness (QED) is 0.844. The van der Waals surface area contributed by atoms with Crippen molar-refractivity contribution in [3.8, 4) is 0 Å². The highest BCUT2D eigenvalue weighted by molar-refractivity contribution is 5.89. The molecule has 5 nitrogen and oxygen atoms in total. The zero-order valence-corrected chi connectivity index (χ0v) is 9.20. The van der Waals surface area contributed by atoms with Crippen molar-refractivity contribution in [1.82, 2.24) is 4.57 Å². The van der Waals surface area contributed by atoms with Crippen molar-refractivity contribution in [2.45, 2.75) is 25.6 Å². The van der Waals surface area contributed by atoms with E-state index in [0.717, 1.165) is 16.8 Å². The largest absolute Gasteiger partial charge is 0.478 e. The lowest BCUT2D eigenvalue weighted by Gasteiger charge is -2.12. The number of nitrogens with two attached hydrogens (primary N) is 1. The van der Waals surface area contributed by atoms with Crippen LogP contribution >= 0.6 is 0 Å². The van der Waals surface area contributed by atoms with E-state index in [9.17, 15) is 22.8 Å². The molecule has 0 aliphatic carbocycles. The first-order valence-electron chi connectivity index (χ1n) is 5.01. The lowest BCUT2D eigenvalue weighted by atomic mass is 10.2. The highest BCUT2D eigenvalue weighted by Gasteiger charge is 2.38. The van der Waals surface area contributed by atoms with Gasteiger partial charge in [0.05, 0.1) is 5.56 Å². The fourth-order valence-electron chi connectivity index (χ4n) is 1.57. The summed E-state index contributed by atoms with van der Waals surface area (Å²) in [5, 5.41) is 8.67. The van der Waals surface area contributed by atoms with Crippen LogP contribution in [0, 0.1) is 0 Å². The Hall–Kier alpha value is -1.99. The summed E-state index contributed by atoms with van der Waals surface area (Å²) in [6.07, 6.45) is -3.67. The monoisotopic (exact) mass is 264 g/mol. The Bertz CT molecular complexity index is 465. The predicted octanol–water partition coefficient (Wildman–Crippen LogP) is 1.47. The Labute approximate surface area is 100.0 Å². The Kier molecular flexibility index (Phi) is 4.00. The van der Waals surface area contributed by atoms with Crippen LogP contribution in [0.15, 0.2) is 12.3 Å². The van der Waals surface area contributed by atoms with E-state index < -0.39 is 29.3 Å². The van der Waals surface area contributed by atoms with Crippen molar-refractivity contribution >= 4 is 11.9 Å². The van der Waals surface area contributed by atoms with Gasteiger partial charge in [-0.2, -0.15) is 13.2 Å². The second-order valence-corrected chi connectivity index (χ2v) is 3.64. The molecule has 0 fully saturated rings. The molecule has 0 unspecified atom stereocenters. The average molecular weight is 264 g/mol. The van der Waals surface area contributed by atoms with E-state index in [4.69, 9.17) is 10.8 Å². The molecule has 0 saturated heterocycles. The second-order valence-electron chi connectivity index (χ2n) is 3.64. The molecule has 1 aromatic heterocycles. The Morgan fingerprint density at radius 3 is 2.44 bits per heavy atom. The van der Waals surface area contributed by atoms with Crippen LogP contribution < -0.4 is 5.73 Å². The number of alkyl halides is 3. The van der Waals surface area contributed by atoms with Gasteiger partial charge >= 0.3 is 12.1 Å². The van der Waals surface area contributed by atoms with E-state index in [1.54, 1.807) is 0 Å². The molecule has 0 aliphatic rings. The zero-order chi connectivity index (χ0) is 13.9. The van der Waals surface area contributed by atoms with E-state index in [1.165, 1.54) is 0 Å². The lowest BCUT2D eigenvalue weighted by molar-refractivity contribution is -0.144. The number of carbonyl (C=O) groups excluding carboxylic acids is 1. The summed E-state index contributed by atoms with van der Waals surface area (Å²) in [6, 6.07) is 0.884. The van der Waals surface area contributed by atoms with Crippen LogP contribution in [-0.2, 0) is 17.5 Å². The first kappa shape index (κ1) is 14.1. The molecule has 3 N–H and O–H groups in total. The number of aryl methyl sites for hydroxylation is 1. The van der Waals surface area contributed by atoms with Gasteiger partial charge in [0.25, 0.3) is 0 Å². The van der Waals surface area contributed by atoms with E-state index in [0.29, 0.717) is 0 Å².